The van der Waals surface area contributed by atoms with Gasteiger partial charge in [0.15, 0.2) is 5.65 Å². The van der Waals surface area contributed by atoms with Crippen molar-refractivity contribution in [1.29, 1.82) is 0 Å². The first-order valence-electron chi connectivity index (χ1n) is 9.49. The number of ether oxygens (including phenoxy) is 1. The molecule has 1 saturated heterocycles. The van der Waals surface area contributed by atoms with Crippen molar-refractivity contribution in [2.24, 2.45) is 0 Å². The van der Waals surface area contributed by atoms with E-state index < -0.39 is 9.84 Å². The molecule has 3 heterocycles. The molecular weight excluding hydrogens is 376 g/mol. The molecule has 0 amide bonds. The van der Waals surface area contributed by atoms with E-state index >= 15 is 0 Å². The third-order valence-corrected chi connectivity index (χ3v) is 5.88. The predicted molar refractivity (Wildman–Crippen MR) is 111 cm³/mol. The lowest BCUT2D eigenvalue weighted by Crippen LogP contribution is -2.17. The van der Waals surface area contributed by atoms with E-state index in [0.29, 0.717) is 13.0 Å². The van der Waals surface area contributed by atoms with Crippen LogP contribution in [0.15, 0.2) is 36.7 Å². The topological polar surface area (TPSA) is 88.2 Å². The van der Waals surface area contributed by atoms with Crippen LogP contribution in [-0.4, -0.2) is 55.1 Å². The van der Waals surface area contributed by atoms with Gasteiger partial charge in [0.1, 0.15) is 21.1 Å². The van der Waals surface area contributed by atoms with Crippen molar-refractivity contribution in [1.82, 2.24) is 15.0 Å². The summed E-state index contributed by atoms with van der Waals surface area (Å²) in [6.07, 6.45) is 7.67. The van der Waals surface area contributed by atoms with Crippen LogP contribution < -0.4 is 9.64 Å². The number of fused-ring (bicyclic) bond motifs is 1. The third kappa shape index (κ3) is 4.44. The second-order valence-electron chi connectivity index (χ2n) is 7.21. The summed E-state index contributed by atoms with van der Waals surface area (Å²) in [4.78, 5) is 14.5. The first kappa shape index (κ1) is 18.7. The molecule has 8 heteroatoms. The lowest BCUT2D eigenvalue weighted by atomic mass is 10.1. The van der Waals surface area contributed by atoms with Crippen molar-refractivity contribution < 1.29 is 13.2 Å². The number of anilines is 1. The number of rotatable bonds is 7. The largest absolute Gasteiger partial charge is 0.493 e. The lowest BCUT2D eigenvalue weighted by Gasteiger charge is -2.20. The summed E-state index contributed by atoms with van der Waals surface area (Å²) in [6, 6.07) is 8.00. The maximum Gasteiger partial charge on any atom is 0.156 e. The van der Waals surface area contributed by atoms with Crippen molar-refractivity contribution >= 4 is 26.7 Å². The zero-order valence-corrected chi connectivity index (χ0v) is 16.7. The summed E-state index contributed by atoms with van der Waals surface area (Å²) in [5, 5.41) is 0. The van der Waals surface area contributed by atoms with Gasteiger partial charge in [-0.25, -0.2) is 18.4 Å². The molecule has 3 aromatic rings. The molecule has 0 atom stereocenters. The third-order valence-electron chi connectivity index (χ3n) is 4.85. The Hall–Kier alpha value is -2.61. The fourth-order valence-electron chi connectivity index (χ4n) is 3.45. The Labute approximate surface area is 164 Å². The van der Waals surface area contributed by atoms with Crippen LogP contribution in [0.2, 0.25) is 0 Å². The van der Waals surface area contributed by atoms with Crippen LogP contribution in [0.1, 0.15) is 19.3 Å². The van der Waals surface area contributed by atoms with Crippen molar-refractivity contribution in [3.8, 4) is 17.0 Å². The van der Waals surface area contributed by atoms with Crippen LogP contribution in [-0.2, 0) is 9.84 Å². The molecule has 0 spiro atoms. The predicted octanol–water partition coefficient (Wildman–Crippen LogP) is 3.04. The minimum Gasteiger partial charge on any atom is -0.493 e. The molecule has 1 aliphatic heterocycles. The van der Waals surface area contributed by atoms with Crippen LogP contribution >= 0.6 is 0 Å². The number of nitrogens with one attached hydrogen (secondary N) is 1. The number of nitrogens with zero attached hydrogens (tertiary/aromatic N) is 3. The normalized spacial score (nSPS) is 14.7. The highest BCUT2D eigenvalue weighted by atomic mass is 32.2. The van der Waals surface area contributed by atoms with Gasteiger partial charge in [0.05, 0.1) is 24.3 Å². The van der Waals surface area contributed by atoms with Gasteiger partial charge in [0.25, 0.3) is 0 Å². The van der Waals surface area contributed by atoms with Crippen LogP contribution in [0.3, 0.4) is 0 Å². The van der Waals surface area contributed by atoms with Gasteiger partial charge in [-0.1, -0.05) is 0 Å². The van der Waals surface area contributed by atoms with Crippen LogP contribution in [0, 0.1) is 0 Å². The van der Waals surface area contributed by atoms with Gasteiger partial charge in [0, 0.05) is 42.9 Å². The standard InChI is InChI=1S/C20H24N4O3S/c1-28(25,26)10-4-9-27-17-12-15(11-16(13-17)24-7-2-3-8-24)19-14-22-20-18(23-19)5-6-21-20/h5-6,11-14H,2-4,7-10H2,1H3,(H,21,22). The molecule has 1 fully saturated rings. The second-order valence-corrected chi connectivity index (χ2v) is 9.47. The Bertz CT molecular complexity index is 1070. The number of hydrogen-bond donors (Lipinski definition) is 1. The van der Waals surface area contributed by atoms with E-state index in [0.717, 1.165) is 46.9 Å². The van der Waals surface area contributed by atoms with Gasteiger partial charge in [-0.05, 0) is 37.5 Å². The SMILES string of the molecule is CS(=O)(=O)CCCOc1cc(-c2cnc3[nH]ccc3n2)cc(N2CCCC2)c1. The first-order chi connectivity index (χ1) is 13.5. The van der Waals surface area contributed by atoms with E-state index in [1.807, 2.05) is 24.4 Å². The average molecular weight is 401 g/mol. The maximum absolute atomic E-state index is 11.3. The molecular formula is C20H24N4O3S. The molecule has 148 valence electrons. The molecule has 0 saturated carbocycles. The molecule has 28 heavy (non-hydrogen) atoms. The van der Waals surface area contributed by atoms with E-state index in [4.69, 9.17) is 9.72 Å². The highest BCUT2D eigenvalue weighted by Gasteiger charge is 2.16. The first-order valence-corrected chi connectivity index (χ1v) is 11.6. The van der Waals surface area contributed by atoms with Crippen molar-refractivity contribution in [2.75, 3.05) is 36.6 Å². The molecule has 0 radical (unpaired) electrons. The van der Waals surface area contributed by atoms with E-state index in [9.17, 15) is 8.42 Å². The molecule has 0 unspecified atom stereocenters. The highest BCUT2D eigenvalue weighted by molar-refractivity contribution is 7.90. The van der Waals surface area contributed by atoms with Gasteiger partial charge < -0.3 is 14.6 Å². The summed E-state index contributed by atoms with van der Waals surface area (Å²) in [7, 11) is -2.98. The van der Waals surface area contributed by atoms with Crippen molar-refractivity contribution in [3.05, 3.63) is 36.7 Å². The number of benzene rings is 1. The zero-order chi connectivity index (χ0) is 19.6. The van der Waals surface area contributed by atoms with Gasteiger partial charge >= 0.3 is 0 Å². The number of aromatic nitrogens is 3. The molecule has 1 N–H and O–H groups in total. The molecule has 1 aromatic carbocycles. The fraction of sp³-hybridized carbons (Fsp3) is 0.400. The van der Waals surface area contributed by atoms with E-state index in [1.165, 1.54) is 19.1 Å². The van der Waals surface area contributed by atoms with Gasteiger partial charge in [-0.15, -0.1) is 0 Å². The summed E-state index contributed by atoms with van der Waals surface area (Å²) in [5.74, 6) is 0.852. The smallest absolute Gasteiger partial charge is 0.156 e. The molecule has 0 bridgehead atoms. The van der Waals surface area contributed by atoms with Gasteiger partial charge in [-0.2, -0.15) is 0 Å². The van der Waals surface area contributed by atoms with E-state index in [2.05, 4.69) is 20.9 Å². The molecule has 4 rings (SSSR count). The summed E-state index contributed by atoms with van der Waals surface area (Å²) in [6.45, 7) is 2.41. The molecule has 0 aliphatic carbocycles. The van der Waals surface area contributed by atoms with Crippen molar-refractivity contribution in [2.45, 2.75) is 19.3 Å². The van der Waals surface area contributed by atoms with E-state index in [1.54, 1.807) is 6.20 Å². The Morgan fingerprint density at radius 1 is 1.21 bits per heavy atom. The Kier molecular flexibility index (Phi) is 5.21. The monoisotopic (exact) mass is 400 g/mol. The molecule has 1 aliphatic rings. The number of hydrogen-bond acceptors (Lipinski definition) is 6. The Balaban J connectivity index is 1.61. The highest BCUT2D eigenvalue weighted by Crippen LogP contribution is 2.31. The molecule has 2 aromatic heterocycles. The Morgan fingerprint density at radius 3 is 2.82 bits per heavy atom. The number of aromatic amines is 1. The summed E-state index contributed by atoms with van der Waals surface area (Å²) >= 11 is 0. The van der Waals surface area contributed by atoms with Crippen LogP contribution in [0.5, 0.6) is 5.75 Å². The minimum atomic E-state index is -2.98. The maximum atomic E-state index is 11.3. The van der Waals surface area contributed by atoms with E-state index in [-0.39, 0.29) is 5.75 Å². The minimum absolute atomic E-state index is 0.126. The second kappa shape index (κ2) is 7.79. The van der Waals surface area contributed by atoms with Crippen LogP contribution in [0.4, 0.5) is 5.69 Å². The zero-order valence-electron chi connectivity index (χ0n) is 15.9. The number of H-pyrrole nitrogens is 1. The summed E-state index contributed by atoms with van der Waals surface area (Å²) < 4.78 is 28.5. The average Bonchev–Trinajstić information content (AvgIpc) is 3.35. The number of sulfone groups is 1. The Morgan fingerprint density at radius 2 is 2.04 bits per heavy atom. The quantitative estimate of drug-likeness (QED) is 0.613. The molecule has 7 nitrogen and oxygen atoms in total. The lowest BCUT2D eigenvalue weighted by molar-refractivity contribution is 0.318. The fourth-order valence-corrected chi connectivity index (χ4v) is 4.10. The van der Waals surface area contributed by atoms with Crippen molar-refractivity contribution in [3.63, 3.8) is 0 Å². The van der Waals surface area contributed by atoms with Gasteiger partial charge in [-0.3, -0.25) is 0 Å². The van der Waals surface area contributed by atoms with Crippen LogP contribution in [0.25, 0.3) is 22.4 Å². The van der Waals surface area contributed by atoms with Gasteiger partial charge in [0.2, 0.25) is 0 Å². The summed E-state index contributed by atoms with van der Waals surface area (Å²) in [5.41, 5.74) is 4.41.